The zero-order valence-electron chi connectivity index (χ0n) is 20.9. The molecule has 0 atom stereocenters. The first kappa shape index (κ1) is 24.6. The maximum absolute atomic E-state index is 13.1. The highest BCUT2D eigenvalue weighted by Gasteiger charge is 2.20. The Bertz CT molecular complexity index is 1460. The van der Waals surface area contributed by atoms with Gasteiger partial charge in [-0.2, -0.15) is 0 Å². The van der Waals surface area contributed by atoms with Crippen molar-refractivity contribution in [1.29, 1.82) is 0 Å². The monoisotopic (exact) mass is 497 g/mol. The zero-order chi connectivity index (χ0) is 25.8. The van der Waals surface area contributed by atoms with Crippen LogP contribution < -0.4 is 15.6 Å². The number of piperazine rings is 1. The number of carbonyl (C=O) groups is 1. The fourth-order valence-electron chi connectivity index (χ4n) is 4.90. The molecular weight excluding hydrogens is 466 g/mol. The van der Waals surface area contributed by atoms with E-state index in [-0.39, 0.29) is 11.3 Å². The number of aromatic hydroxyl groups is 1. The number of hydrogen-bond acceptors (Lipinski definition) is 6. The van der Waals surface area contributed by atoms with Crippen LogP contribution in [0.4, 0.5) is 5.69 Å². The maximum atomic E-state index is 13.1. The third-order valence-electron chi connectivity index (χ3n) is 6.96. The van der Waals surface area contributed by atoms with Crippen LogP contribution in [-0.4, -0.2) is 55.2 Å². The fourth-order valence-corrected chi connectivity index (χ4v) is 4.90. The van der Waals surface area contributed by atoms with Gasteiger partial charge in [0.05, 0.1) is 16.6 Å². The highest BCUT2D eigenvalue weighted by atomic mass is 16.3. The number of benzene rings is 3. The molecule has 37 heavy (non-hydrogen) atoms. The first-order valence-electron chi connectivity index (χ1n) is 12.7. The van der Waals surface area contributed by atoms with Crippen molar-refractivity contribution in [2.45, 2.75) is 13.3 Å². The first-order chi connectivity index (χ1) is 18.0. The van der Waals surface area contributed by atoms with Crippen LogP contribution in [0.1, 0.15) is 22.3 Å². The summed E-state index contributed by atoms with van der Waals surface area (Å²) in [5, 5.41) is 13.5. The summed E-state index contributed by atoms with van der Waals surface area (Å²) in [6, 6.07) is 22.0. The fraction of sp³-hybridized carbons (Fsp3) is 0.267. The molecule has 1 fully saturated rings. The van der Waals surface area contributed by atoms with E-state index in [0.717, 1.165) is 50.4 Å². The number of nitrogens with zero attached hydrogens (tertiary/aromatic N) is 2. The van der Waals surface area contributed by atoms with Crippen molar-refractivity contribution in [3.63, 3.8) is 0 Å². The lowest BCUT2D eigenvalue weighted by Gasteiger charge is -2.36. The van der Waals surface area contributed by atoms with Crippen molar-refractivity contribution in [3.05, 3.63) is 94.1 Å². The number of phenols is 1. The van der Waals surface area contributed by atoms with Crippen molar-refractivity contribution in [2.75, 3.05) is 44.2 Å². The second kappa shape index (κ2) is 10.9. The third kappa shape index (κ3) is 5.22. The second-order valence-corrected chi connectivity index (χ2v) is 9.36. The van der Waals surface area contributed by atoms with E-state index in [1.54, 1.807) is 31.2 Å². The molecule has 1 amide bonds. The molecule has 0 spiro atoms. The molecule has 0 saturated carbocycles. The Balaban J connectivity index is 1.20. The summed E-state index contributed by atoms with van der Waals surface area (Å²) >= 11 is 0. The van der Waals surface area contributed by atoms with Gasteiger partial charge in [0.1, 0.15) is 11.5 Å². The minimum atomic E-state index is -0.249. The predicted molar refractivity (Wildman–Crippen MR) is 146 cm³/mol. The summed E-state index contributed by atoms with van der Waals surface area (Å²) in [4.78, 5) is 30.7. The van der Waals surface area contributed by atoms with Gasteiger partial charge < -0.3 is 19.7 Å². The van der Waals surface area contributed by atoms with E-state index in [9.17, 15) is 14.7 Å². The zero-order valence-corrected chi connectivity index (χ0v) is 20.9. The summed E-state index contributed by atoms with van der Waals surface area (Å²) in [7, 11) is 0. The lowest BCUT2D eigenvalue weighted by atomic mass is 10.0. The normalized spacial score (nSPS) is 14.1. The molecule has 1 aromatic heterocycles. The van der Waals surface area contributed by atoms with Crippen molar-refractivity contribution < 1.29 is 14.3 Å². The minimum Gasteiger partial charge on any atom is -0.506 e. The average Bonchev–Trinajstić information content (AvgIpc) is 2.94. The minimum absolute atomic E-state index is 0.127. The van der Waals surface area contributed by atoms with Crippen LogP contribution in [0.2, 0.25) is 0 Å². The molecule has 0 aliphatic carbocycles. The molecule has 5 rings (SSSR count). The lowest BCUT2D eigenvalue weighted by molar-refractivity contribution is 0.0952. The van der Waals surface area contributed by atoms with Gasteiger partial charge >= 0.3 is 0 Å². The Kier molecular flexibility index (Phi) is 7.23. The molecule has 7 nitrogen and oxygen atoms in total. The van der Waals surface area contributed by atoms with E-state index < -0.39 is 0 Å². The van der Waals surface area contributed by atoms with Gasteiger partial charge in [-0.25, -0.2) is 0 Å². The molecule has 2 heterocycles. The van der Waals surface area contributed by atoms with Crippen molar-refractivity contribution in [1.82, 2.24) is 10.2 Å². The topological polar surface area (TPSA) is 86.0 Å². The van der Waals surface area contributed by atoms with Crippen LogP contribution >= 0.6 is 0 Å². The van der Waals surface area contributed by atoms with Gasteiger partial charge in [-0.15, -0.1) is 0 Å². The second-order valence-electron chi connectivity index (χ2n) is 9.36. The van der Waals surface area contributed by atoms with Crippen molar-refractivity contribution in [3.8, 4) is 17.1 Å². The summed E-state index contributed by atoms with van der Waals surface area (Å²) < 4.78 is 6.18. The highest BCUT2D eigenvalue weighted by Crippen LogP contribution is 2.28. The van der Waals surface area contributed by atoms with Gasteiger partial charge in [0.25, 0.3) is 5.91 Å². The van der Waals surface area contributed by atoms with Crippen LogP contribution in [0.5, 0.6) is 5.75 Å². The number of anilines is 1. The Morgan fingerprint density at radius 1 is 0.946 bits per heavy atom. The van der Waals surface area contributed by atoms with Gasteiger partial charge in [-0.05, 0) is 44.2 Å². The van der Waals surface area contributed by atoms with Crippen LogP contribution in [-0.2, 0) is 0 Å². The summed E-state index contributed by atoms with van der Waals surface area (Å²) in [5.74, 6) is 0.552. The summed E-state index contributed by atoms with van der Waals surface area (Å²) in [6.45, 7) is 6.65. The molecule has 2 N–H and O–H groups in total. The van der Waals surface area contributed by atoms with Crippen molar-refractivity contribution in [2.24, 2.45) is 0 Å². The lowest BCUT2D eigenvalue weighted by Crippen LogP contribution is -2.47. The Hall–Kier alpha value is -4.10. The van der Waals surface area contributed by atoms with Crippen LogP contribution in [0.15, 0.2) is 82.0 Å². The number of nitrogens with one attached hydrogen (secondary N) is 1. The maximum Gasteiger partial charge on any atom is 0.255 e. The Labute approximate surface area is 215 Å². The molecule has 4 aromatic rings. The van der Waals surface area contributed by atoms with Gasteiger partial charge in [0.2, 0.25) is 0 Å². The number of phenolic OH excluding ortho intramolecular Hbond substituents is 1. The van der Waals surface area contributed by atoms with E-state index in [4.69, 9.17) is 4.42 Å². The number of para-hydroxylation sites is 3. The van der Waals surface area contributed by atoms with Gasteiger partial charge in [0.15, 0.2) is 11.0 Å². The molecule has 0 radical (unpaired) electrons. The van der Waals surface area contributed by atoms with Gasteiger partial charge in [-0.1, -0.05) is 48.5 Å². The van der Waals surface area contributed by atoms with E-state index in [0.29, 0.717) is 40.2 Å². The molecule has 7 heteroatoms. The van der Waals surface area contributed by atoms with Gasteiger partial charge in [-0.3, -0.25) is 14.5 Å². The molecule has 1 aliphatic heterocycles. The van der Waals surface area contributed by atoms with E-state index in [1.807, 2.05) is 48.5 Å². The molecular formula is C30H31N3O4. The molecule has 1 aliphatic rings. The predicted octanol–water partition coefficient (Wildman–Crippen LogP) is 4.42. The van der Waals surface area contributed by atoms with Crippen LogP contribution in [0, 0.1) is 6.92 Å². The highest BCUT2D eigenvalue weighted by molar-refractivity contribution is 6.05. The average molecular weight is 498 g/mol. The molecule has 0 bridgehead atoms. The smallest absolute Gasteiger partial charge is 0.255 e. The Morgan fingerprint density at radius 3 is 2.43 bits per heavy atom. The molecule has 0 unspecified atom stereocenters. The summed E-state index contributed by atoms with van der Waals surface area (Å²) in [6.07, 6.45) is 0.811. The molecule has 1 saturated heterocycles. The van der Waals surface area contributed by atoms with Crippen LogP contribution in [0.25, 0.3) is 22.3 Å². The third-order valence-corrected chi connectivity index (χ3v) is 6.96. The van der Waals surface area contributed by atoms with E-state index >= 15 is 0 Å². The number of rotatable bonds is 7. The molecule has 3 aromatic carbocycles. The van der Waals surface area contributed by atoms with E-state index in [1.165, 1.54) is 0 Å². The SMILES string of the molecule is Cc1c(-c2ccccc2)oc2c(C(=O)NCCCN3CCN(c4ccccc4O)CC3)cccc2c1=O. The quantitative estimate of drug-likeness (QED) is 0.368. The summed E-state index contributed by atoms with van der Waals surface area (Å²) in [5.41, 5.74) is 2.76. The first-order valence-corrected chi connectivity index (χ1v) is 12.7. The number of hydrogen-bond donors (Lipinski definition) is 2. The standard InChI is InChI=1S/C30H31N3O4/c1-21-27(35)23-11-7-12-24(29(23)37-28(21)22-9-3-2-4-10-22)30(36)31-15-8-16-32-17-19-33(20-18-32)25-13-5-6-14-26(25)34/h2-7,9-14,34H,8,15-20H2,1H3,(H,31,36). The molecule has 190 valence electrons. The number of fused-ring (bicyclic) bond motifs is 1. The van der Waals surface area contributed by atoms with Gasteiger partial charge in [0, 0.05) is 43.9 Å². The largest absolute Gasteiger partial charge is 0.506 e. The number of amides is 1. The van der Waals surface area contributed by atoms with E-state index in [2.05, 4.69) is 15.1 Å². The Morgan fingerprint density at radius 2 is 1.68 bits per heavy atom. The number of carbonyl (C=O) groups excluding carboxylic acids is 1. The van der Waals surface area contributed by atoms with Crippen molar-refractivity contribution >= 4 is 22.6 Å². The van der Waals surface area contributed by atoms with Crippen LogP contribution in [0.3, 0.4) is 0 Å².